The summed E-state index contributed by atoms with van der Waals surface area (Å²) in [6.45, 7) is -0.761. The molecule has 0 rings (SSSR count). The lowest BCUT2D eigenvalue weighted by Crippen LogP contribution is -2.43. The number of aliphatic hydroxyl groups excluding tert-OH is 1. The van der Waals surface area contributed by atoms with Gasteiger partial charge in [-0.2, -0.15) is 13.2 Å². The number of carbonyl (C=O) groups is 1. The molecule has 0 aromatic rings. The molecule has 1 N–H and O–H groups in total. The van der Waals surface area contributed by atoms with Gasteiger partial charge in [-0.1, -0.05) is 0 Å². The number of alkyl halides is 3. The minimum absolute atomic E-state index is 0.153. The van der Waals surface area contributed by atoms with Gasteiger partial charge in [0.05, 0.1) is 6.54 Å². The number of hydrogen-bond donors (Lipinski definition) is 1. The van der Waals surface area contributed by atoms with Gasteiger partial charge in [0.2, 0.25) is 5.91 Å². The maximum absolute atomic E-state index is 11.9. The standard InChI is InChI=1S/C8H15F3N2O2/c1-12(2)7(15)5-13(3)4-6(14)8(9,10)11/h6,14H,4-5H2,1-3H3. The third kappa shape index (κ3) is 5.58. The smallest absolute Gasteiger partial charge is 0.382 e. The van der Waals surface area contributed by atoms with Gasteiger partial charge >= 0.3 is 6.18 Å². The molecule has 0 radical (unpaired) electrons. The average Bonchev–Trinajstić information content (AvgIpc) is 2.01. The molecule has 7 heteroatoms. The molecule has 0 saturated carbocycles. The fraction of sp³-hybridized carbons (Fsp3) is 0.875. The Morgan fingerprint density at radius 3 is 2.13 bits per heavy atom. The predicted octanol–water partition coefficient (Wildman–Crippen LogP) is -0.0704. The van der Waals surface area contributed by atoms with E-state index in [0.717, 1.165) is 4.90 Å². The number of likely N-dealkylation sites (N-methyl/N-ethyl adjacent to an activating group) is 2. The molecule has 0 aromatic carbocycles. The summed E-state index contributed by atoms with van der Waals surface area (Å²) in [5.41, 5.74) is 0. The first kappa shape index (κ1) is 14.2. The molecule has 0 aliphatic carbocycles. The lowest BCUT2D eigenvalue weighted by molar-refractivity contribution is -0.207. The van der Waals surface area contributed by atoms with E-state index in [1.54, 1.807) is 0 Å². The van der Waals surface area contributed by atoms with Crippen LogP contribution < -0.4 is 0 Å². The Hall–Kier alpha value is -0.820. The minimum Gasteiger partial charge on any atom is -0.382 e. The Labute approximate surface area is 86.3 Å². The largest absolute Gasteiger partial charge is 0.415 e. The van der Waals surface area contributed by atoms with Gasteiger partial charge in [0.25, 0.3) is 0 Å². The van der Waals surface area contributed by atoms with Crippen molar-refractivity contribution in [3.05, 3.63) is 0 Å². The fourth-order valence-corrected chi connectivity index (χ4v) is 0.836. The van der Waals surface area contributed by atoms with E-state index in [2.05, 4.69) is 0 Å². The highest BCUT2D eigenvalue weighted by Gasteiger charge is 2.38. The van der Waals surface area contributed by atoms with Crippen LogP contribution in [-0.4, -0.2) is 67.3 Å². The molecule has 0 saturated heterocycles. The SMILES string of the molecule is CN(CC(=O)N(C)C)CC(O)C(F)(F)F. The normalized spacial score (nSPS) is 14.1. The monoisotopic (exact) mass is 228 g/mol. The molecular formula is C8H15F3N2O2. The summed E-state index contributed by atoms with van der Waals surface area (Å²) in [4.78, 5) is 13.5. The Balaban J connectivity index is 4.04. The summed E-state index contributed by atoms with van der Waals surface area (Å²) in [5.74, 6) is -0.313. The first-order valence-corrected chi connectivity index (χ1v) is 4.28. The molecule has 1 atom stereocenters. The highest BCUT2D eigenvalue weighted by Crippen LogP contribution is 2.20. The van der Waals surface area contributed by atoms with E-state index in [9.17, 15) is 18.0 Å². The van der Waals surface area contributed by atoms with Crippen molar-refractivity contribution >= 4 is 5.91 Å². The number of amides is 1. The number of halogens is 3. The van der Waals surface area contributed by atoms with Crippen LogP contribution in [0.5, 0.6) is 0 Å². The Morgan fingerprint density at radius 2 is 1.80 bits per heavy atom. The minimum atomic E-state index is -4.64. The van der Waals surface area contributed by atoms with Crippen LogP contribution in [0, 0.1) is 0 Å². The molecule has 0 aliphatic heterocycles. The van der Waals surface area contributed by atoms with E-state index in [-0.39, 0.29) is 12.5 Å². The lowest BCUT2D eigenvalue weighted by atomic mass is 10.3. The molecule has 1 unspecified atom stereocenters. The average molecular weight is 228 g/mol. The summed E-state index contributed by atoms with van der Waals surface area (Å²) in [6, 6.07) is 0. The first-order valence-electron chi connectivity index (χ1n) is 4.28. The van der Waals surface area contributed by atoms with Crippen molar-refractivity contribution in [2.75, 3.05) is 34.2 Å². The summed E-state index contributed by atoms with van der Waals surface area (Å²) in [5, 5.41) is 8.72. The van der Waals surface area contributed by atoms with Gasteiger partial charge in [-0.15, -0.1) is 0 Å². The van der Waals surface area contributed by atoms with Crippen LogP contribution in [-0.2, 0) is 4.79 Å². The lowest BCUT2D eigenvalue weighted by Gasteiger charge is -2.22. The maximum atomic E-state index is 11.9. The Bertz CT molecular complexity index is 218. The van der Waals surface area contributed by atoms with Crippen LogP contribution >= 0.6 is 0 Å². The third-order valence-electron chi connectivity index (χ3n) is 1.77. The number of rotatable bonds is 4. The van der Waals surface area contributed by atoms with E-state index in [4.69, 9.17) is 5.11 Å². The van der Waals surface area contributed by atoms with E-state index >= 15 is 0 Å². The van der Waals surface area contributed by atoms with Crippen LogP contribution in [0.25, 0.3) is 0 Å². The van der Waals surface area contributed by atoms with E-state index in [1.807, 2.05) is 0 Å². The highest BCUT2D eigenvalue weighted by molar-refractivity contribution is 5.77. The molecule has 0 fully saturated rings. The second-order valence-electron chi connectivity index (χ2n) is 3.54. The molecule has 0 aliphatic rings. The van der Waals surface area contributed by atoms with Crippen molar-refractivity contribution in [2.45, 2.75) is 12.3 Å². The van der Waals surface area contributed by atoms with Gasteiger partial charge in [0.15, 0.2) is 6.10 Å². The summed E-state index contributed by atoms with van der Waals surface area (Å²) >= 11 is 0. The van der Waals surface area contributed by atoms with E-state index in [1.165, 1.54) is 26.0 Å². The van der Waals surface area contributed by atoms with Crippen molar-refractivity contribution in [3.63, 3.8) is 0 Å². The Morgan fingerprint density at radius 1 is 1.33 bits per heavy atom. The van der Waals surface area contributed by atoms with Crippen LogP contribution in [0.2, 0.25) is 0 Å². The summed E-state index contributed by atoms with van der Waals surface area (Å²) in [6.07, 6.45) is -7.06. The summed E-state index contributed by atoms with van der Waals surface area (Å²) < 4.78 is 35.8. The number of carbonyl (C=O) groups excluding carboxylic acids is 1. The van der Waals surface area contributed by atoms with Gasteiger partial charge in [-0.3, -0.25) is 9.69 Å². The second-order valence-corrected chi connectivity index (χ2v) is 3.54. The quantitative estimate of drug-likeness (QED) is 0.732. The predicted molar refractivity (Wildman–Crippen MR) is 48.3 cm³/mol. The second kappa shape index (κ2) is 5.32. The van der Waals surface area contributed by atoms with Crippen molar-refractivity contribution in [3.8, 4) is 0 Å². The van der Waals surface area contributed by atoms with Gasteiger partial charge < -0.3 is 10.0 Å². The molecule has 0 heterocycles. The molecule has 0 aromatic heterocycles. The van der Waals surface area contributed by atoms with Crippen LogP contribution in [0.4, 0.5) is 13.2 Å². The van der Waals surface area contributed by atoms with Gasteiger partial charge in [-0.05, 0) is 7.05 Å². The van der Waals surface area contributed by atoms with Crippen LogP contribution in [0.3, 0.4) is 0 Å². The van der Waals surface area contributed by atoms with Crippen molar-refractivity contribution in [1.29, 1.82) is 0 Å². The topological polar surface area (TPSA) is 43.8 Å². The van der Waals surface area contributed by atoms with Crippen LogP contribution in [0.15, 0.2) is 0 Å². The number of nitrogens with zero attached hydrogens (tertiary/aromatic N) is 2. The third-order valence-corrected chi connectivity index (χ3v) is 1.77. The molecule has 0 spiro atoms. The van der Waals surface area contributed by atoms with E-state index < -0.39 is 18.8 Å². The molecule has 1 amide bonds. The fourth-order valence-electron chi connectivity index (χ4n) is 0.836. The Kier molecular flexibility index (Phi) is 5.02. The zero-order chi connectivity index (χ0) is 12.2. The molecule has 15 heavy (non-hydrogen) atoms. The van der Waals surface area contributed by atoms with Gasteiger partial charge in [0, 0.05) is 20.6 Å². The summed E-state index contributed by atoms with van der Waals surface area (Å²) in [7, 11) is 4.36. The molecular weight excluding hydrogens is 213 g/mol. The van der Waals surface area contributed by atoms with Crippen molar-refractivity contribution < 1.29 is 23.1 Å². The van der Waals surface area contributed by atoms with Crippen molar-refractivity contribution in [2.24, 2.45) is 0 Å². The zero-order valence-electron chi connectivity index (χ0n) is 8.88. The number of aliphatic hydroxyl groups is 1. The molecule has 4 nitrogen and oxygen atoms in total. The van der Waals surface area contributed by atoms with Crippen LogP contribution in [0.1, 0.15) is 0 Å². The molecule has 0 bridgehead atoms. The van der Waals surface area contributed by atoms with E-state index in [0.29, 0.717) is 0 Å². The van der Waals surface area contributed by atoms with Gasteiger partial charge in [0.1, 0.15) is 0 Å². The molecule has 90 valence electrons. The van der Waals surface area contributed by atoms with Gasteiger partial charge in [-0.25, -0.2) is 0 Å². The first-order chi connectivity index (χ1) is 6.64. The van der Waals surface area contributed by atoms with Crippen molar-refractivity contribution in [1.82, 2.24) is 9.80 Å². The highest BCUT2D eigenvalue weighted by atomic mass is 19.4. The maximum Gasteiger partial charge on any atom is 0.415 e. The zero-order valence-corrected chi connectivity index (χ0v) is 8.88. The number of hydrogen-bond acceptors (Lipinski definition) is 3.